The number of unbranched alkanes of at least 4 members (excludes halogenated alkanes) is 6. The van der Waals surface area contributed by atoms with E-state index in [1.165, 1.54) is 64.2 Å². The third-order valence-electron chi connectivity index (χ3n) is 3.68. The summed E-state index contributed by atoms with van der Waals surface area (Å²) in [5.41, 5.74) is 0. The van der Waals surface area contributed by atoms with Gasteiger partial charge in [-0.3, -0.25) is 0 Å². The fraction of sp³-hybridized carbons (Fsp3) is 1.00. The molecule has 0 aromatic heterocycles. The summed E-state index contributed by atoms with van der Waals surface area (Å²) in [6.45, 7) is 2.28. The minimum atomic E-state index is 0.834. The topological polar surface area (TPSA) is 12.0 Å². The predicted molar refractivity (Wildman–Crippen MR) is 68.2 cm³/mol. The molecule has 1 rings (SSSR count). The minimum absolute atomic E-state index is 0.834. The second kappa shape index (κ2) is 8.15. The van der Waals surface area contributed by atoms with Crippen LogP contribution in [0.1, 0.15) is 71.1 Å². The lowest BCUT2D eigenvalue weighted by Gasteiger charge is -2.14. The molecule has 90 valence electrons. The zero-order chi connectivity index (χ0) is 10.9. The number of nitrogens with one attached hydrogen (secondary N) is 1. The van der Waals surface area contributed by atoms with E-state index in [1.54, 1.807) is 0 Å². The number of hydrogen-bond donors (Lipinski definition) is 1. The molecule has 1 nitrogen and oxygen atoms in total. The van der Waals surface area contributed by atoms with E-state index >= 15 is 0 Å². The van der Waals surface area contributed by atoms with Crippen molar-refractivity contribution in [3.63, 3.8) is 0 Å². The summed E-state index contributed by atoms with van der Waals surface area (Å²) in [5.74, 6) is 1.02. The number of rotatable bonds is 10. The summed E-state index contributed by atoms with van der Waals surface area (Å²) in [4.78, 5) is 0. The summed E-state index contributed by atoms with van der Waals surface area (Å²) in [6.07, 6.45) is 14.4. The molecule has 1 aliphatic rings. The van der Waals surface area contributed by atoms with Crippen LogP contribution >= 0.6 is 0 Å². The fourth-order valence-corrected chi connectivity index (χ4v) is 2.44. The van der Waals surface area contributed by atoms with Gasteiger partial charge in [-0.25, -0.2) is 0 Å². The van der Waals surface area contributed by atoms with Crippen LogP contribution < -0.4 is 5.32 Å². The summed E-state index contributed by atoms with van der Waals surface area (Å²) < 4.78 is 0. The van der Waals surface area contributed by atoms with Crippen molar-refractivity contribution in [3.05, 3.63) is 0 Å². The Bertz CT molecular complexity index is 140. The highest BCUT2D eigenvalue weighted by Gasteiger charge is 2.29. The van der Waals surface area contributed by atoms with E-state index < -0.39 is 0 Å². The first-order valence-corrected chi connectivity index (χ1v) is 7.05. The Hall–Kier alpha value is -0.0400. The van der Waals surface area contributed by atoms with Crippen molar-refractivity contribution in [2.45, 2.75) is 77.2 Å². The molecule has 0 radical (unpaired) electrons. The Morgan fingerprint density at radius 2 is 1.60 bits per heavy atom. The first-order chi connectivity index (χ1) is 7.38. The largest absolute Gasteiger partial charge is 0.317 e. The van der Waals surface area contributed by atoms with Gasteiger partial charge in [-0.1, -0.05) is 51.9 Å². The number of hydrogen-bond acceptors (Lipinski definition) is 1. The summed E-state index contributed by atoms with van der Waals surface area (Å²) >= 11 is 0. The lowest BCUT2D eigenvalue weighted by atomic mass is 10.0. The molecule has 0 aromatic carbocycles. The molecule has 1 N–H and O–H groups in total. The smallest absolute Gasteiger partial charge is 0.00923 e. The van der Waals surface area contributed by atoms with Gasteiger partial charge in [0, 0.05) is 6.04 Å². The van der Waals surface area contributed by atoms with Crippen molar-refractivity contribution < 1.29 is 0 Å². The normalized spacial score (nSPS) is 18.0. The Balaban J connectivity index is 1.83. The molecule has 0 amide bonds. The molecule has 0 spiro atoms. The van der Waals surface area contributed by atoms with Gasteiger partial charge in [0.25, 0.3) is 0 Å². The highest BCUT2D eigenvalue weighted by Crippen LogP contribution is 2.34. The van der Waals surface area contributed by atoms with Gasteiger partial charge in [-0.15, -0.1) is 0 Å². The monoisotopic (exact) mass is 211 g/mol. The van der Waals surface area contributed by atoms with Crippen LogP contribution in [0.4, 0.5) is 0 Å². The van der Waals surface area contributed by atoms with Gasteiger partial charge < -0.3 is 5.32 Å². The van der Waals surface area contributed by atoms with E-state index in [4.69, 9.17) is 0 Å². The fourth-order valence-electron chi connectivity index (χ4n) is 2.44. The van der Waals surface area contributed by atoms with Crippen LogP contribution in [0.5, 0.6) is 0 Å². The zero-order valence-corrected chi connectivity index (χ0v) is 10.7. The van der Waals surface area contributed by atoms with E-state index in [0.717, 1.165) is 12.0 Å². The van der Waals surface area contributed by atoms with Crippen molar-refractivity contribution in [2.75, 3.05) is 7.05 Å². The van der Waals surface area contributed by atoms with Crippen molar-refractivity contribution in [1.82, 2.24) is 5.32 Å². The van der Waals surface area contributed by atoms with Crippen molar-refractivity contribution in [3.8, 4) is 0 Å². The maximum absolute atomic E-state index is 3.48. The molecule has 0 heterocycles. The Morgan fingerprint density at radius 1 is 1.00 bits per heavy atom. The molecular formula is C14H29N. The maximum Gasteiger partial charge on any atom is 0.00923 e. The van der Waals surface area contributed by atoms with E-state index in [1.807, 2.05) is 0 Å². The van der Waals surface area contributed by atoms with Gasteiger partial charge in [0.2, 0.25) is 0 Å². The SMILES string of the molecule is CCCCCCCCCC(NC)C1CC1. The standard InChI is InChI=1S/C14H29N/c1-3-4-5-6-7-8-9-10-14(15-2)13-11-12-13/h13-15H,3-12H2,1-2H3. The third-order valence-corrected chi connectivity index (χ3v) is 3.68. The molecule has 1 saturated carbocycles. The third kappa shape index (κ3) is 6.19. The first kappa shape index (κ1) is 13.0. The molecule has 15 heavy (non-hydrogen) atoms. The van der Waals surface area contributed by atoms with Crippen LogP contribution in [0.2, 0.25) is 0 Å². The lowest BCUT2D eigenvalue weighted by molar-refractivity contribution is 0.441. The molecule has 1 aliphatic carbocycles. The quantitative estimate of drug-likeness (QED) is 0.536. The second-order valence-electron chi connectivity index (χ2n) is 5.14. The Kier molecular flexibility index (Phi) is 7.08. The highest BCUT2D eigenvalue weighted by atomic mass is 14.9. The van der Waals surface area contributed by atoms with Crippen LogP contribution in [0.3, 0.4) is 0 Å². The minimum Gasteiger partial charge on any atom is -0.317 e. The Morgan fingerprint density at radius 3 is 2.13 bits per heavy atom. The van der Waals surface area contributed by atoms with Gasteiger partial charge >= 0.3 is 0 Å². The van der Waals surface area contributed by atoms with Gasteiger partial charge in [-0.2, -0.15) is 0 Å². The molecule has 1 heteroatoms. The van der Waals surface area contributed by atoms with Crippen LogP contribution in [-0.2, 0) is 0 Å². The molecule has 1 atom stereocenters. The van der Waals surface area contributed by atoms with E-state index in [2.05, 4.69) is 19.3 Å². The van der Waals surface area contributed by atoms with Crippen LogP contribution in [0.25, 0.3) is 0 Å². The molecule has 0 saturated heterocycles. The van der Waals surface area contributed by atoms with E-state index in [-0.39, 0.29) is 0 Å². The Labute approximate surface area is 96.0 Å². The van der Waals surface area contributed by atoms with Gasteiger partial charge in [0.1, 0.15) is 0 Å². The lowest BCUT2D eigenvalue weighted by Crippen LogP contribution is -2.27. The first-order valence-electron chi connectivity index (χ1n) is 7.05. The average Bonchev–Trinajstić information content (AvgIpc) is 3.06. The van der Waals surface area contributed by atoms with Crippen LogP contribution in [0.15, 0.2) is 0 Å². The summed E-state index contributed by atoms with van der Waals surface area (Å²) in [6, 6.07) is 0.834. The predicted octanol–water partition coefficient (Wildman–Crippen LogP) is 4.13. The molecule has 0 aromatic rings. The summed E-state index contributed by atoms with van der Waals surface area (Å²) in [5, 5.41) is 3.48. The molecular weight excluding hydrogens is 182 g/mol. The van der Waals surface area contributed by atoms with Gasteiger partial charge in [0.15, 0.2) is 0 Å². The van der Waals surface area contributed by atoms with Gasteiger partial charge in [0.05, 0.1) is 0 Å². The van der Waals surface area contributed by atoms with E-state index in [0.29, 0.717) is 0 Å². The maximum atomic E-state index is 3.48. The van der Waals surface area contributed by atoms with Crippen molar-refractivity contribution in [1.29, 1.82) is 0 Å². The molecule has 1 fully saturated rings. The molecule has 1 unspecified atom stereocenters. The van der Waals surface area contributed by atoms with Crippen LogP contribution in [-0.4, -0.2) is 13.1 Å². The van der Waals surface area contributed by atoms with E-state index in [9.17, 15) is 0 Å². The molecule has 0 aliphatic heterocycles. The average molecular weight is 211 g/mol. The summed E-state index contributed by atoms with van der Waals surface area (Å²) in [7, 11) is 2.13. The van der Waals surface area contributed by atoms with Crippen molar-refractivity contribution >= 4 is 0 Å². The second-order valence-corrected chi connectivity index (χ2v) is 5.14. The van der Waals surface area contributed by atoms with Crippen molar-refractivity contribution in [2.24, 2.45) is 5.92 Å². The highest BCUT2D eigenvalue weighted by molar-refractivity contribution is 4.85. The van der Waals surface area contributed by atoms with Gasteiger partial charge in [-0.05, 0) is 32.2 Å². The zero-order valence-electron chi connectivity index (χ0n) is 10.7. The molecule has 0 bridgehead atoms. The van der Waals surface area contributed by atoms with Crippen LogP contribution in [0, 0.1) is 5.92 Å².